The van der Waals surface area contributed by atoms with Gasteiger partial charge in [-0.3, -0.25) is 4.79 Å². The maximum absolute atomic E-state index is 12.6. The van der Waals surface area contributed by atoms with Gasteiger partial charge in [0.05, 0.1) is 5.56 Å². The molecule has 0 spiro atoms. The molecule has 0 fully saturated rings. The molecular formula is C11H13F3N2O. The molecule has 0 heterocycles. The predicted molar refractivity (Wildman–Crippen MR) is 57.2 cm³/mol. The number of carbonyl (C=O) groups excluding carboxylic acids is 1. The van der Waals surface area contributed by atoms with E-state index < -0.39 is 23.2 Å². The first kappa shape index (κ1) is 13.5. The number of benzene rings is 1. The molecule has 0 unspecified atom stereocenters. The summed E-state index contributed by atoms with van der Waals surface area (Å²) in [5, 5.41) is 0. The van der Waals surface area contributed by atoms with Crippen molar-refractivity contribution < 1.29 is 18.0 Å². The minimum atomic E-state index is -4.54. The van der Waals surface area contributed by atoms with E-state index in [1.807, 2.05) is 0 Å². The second-order valence-corrected chi connectivity index (χ2v) is 4.38. The fourth-order valence-corrected chi connectivity index (χ4v) is 1.31. The van der Waals surface area contributed by atoms with Crippen molar-refractivity contribution in [2.24, 2.45) is 11.5 Å². The maximum atomic E-state index is 12.6. The lowest BCUT2D eigenvalue weighted by Gasteiger charge is -2.21. The minimum absolute atomic E-state index is 0.201. The van der Waals surface area contributed by atoms with E-state index in [0.29, 0.717) is 0 Å². The molecule has 0 aliphatic carbocycles. The van der Waals surface area contributed by atoms with Crippen molar-refractivity contribution in [3.05, 3.63) is 34.9 Å². The SMILES string of the molecule is CC(C)(N)c1cc(C(N)=O)cc(C(F)(F)F)c1. The Balaban J connectivity index is 3.45. The zero-order chi connectivity index (χ0) is 13.4. The minimum Gasteiger partial charge on any atom is -0.366 e. The van der Waals surface area contributed by atoms with E-state index in [-0.39, 0.29) is 11.1 Å². The summed E-state index contributed by atoms with van der Waals surface area (Å²) in [6.07, 6.45) is -4.54. The highest BCUT2D eigenvalue weighted by molar-refractivity contribution is 5.93. The van der Waals surface area contributed by atoms with Crippen LogP contribution in [0.15, 0.2) is 18.2 Å². The van der Waals surface area contributed by atoms with E-state index in [1.165, 1.54) is 6.07 Å². The van der Waals surface area contributed by atoms with E-state index in [2.05, 4.69) is 0 Å². The molecule has 1 aromatic rings. The molecule has 0 saturated carbocycles. The summed E-state index contributed by atoms with van der Waals surface area (Å²) in [5.41, 5.74) is 8.81. The topological polar surface area (TPSA) is 69.1 Å². The Morgan fingerprint density at radius 3 is 1.94 bits per heavy atom. The number of amides is 1. The third kappa shape index (κ3) is 3.20. The number of nitrogens with two attached hydrogens (primary N) is 2. The normalized spacial score (nSPS) is 12.6. The Morgan fingerprint density at radius 2 is 1.59 bits per heavy atom. The second kappa shape index (κ2) is 4.03. The molecule has 0 aliphatic heterocycles. The summed E-state index contributed by atoms with van der Waals surface area (Å²) >= 11 is 0. The summed E-state index contributed by atoms with van der Waals surface area (Å²) in [6, 6.07) is 2.92. The molecular weight excluding hydrogens is 233 g/mol. The van der Waals surface area contributed by atoms with Crippen molar-refractivity contribution in [2.75, 3.05) is 0 Å². The van der Waals surface area contributed by atoms with Crippen molar-refractivity contribution in [2.45, 2.75) is 25.6 Å². The van der Waals surface area contributed by atoms with Gasteiger partial charge in [-0.1, -0.05) is 0 Å². The smallest absolute Gasteiger partial charge is 0.366 e. The molecule has 3 nitrogen and oxygen atoms in total. The summed E-state index contributed by atoms with van der Waals surface area (Å²) < 4.78 is 37.8. The zero-order valence-electron chi connectivity index (χ0n) is 9.43. The van der Waals surface area contributed by atoms with E-state index >= 15 is 0 Å². The van der Waals surface area contributed by atoms with Gasteiger partial charge in [-0.25, -0.2) is 0 Å². The third-order valence-electron chi connectivity index (χ3n) is 2.29. The molecule has 4 N–H and O–H groups in total. The Hall–Kier alpha value is -1.56. The van der Waals surface area contributed by atoms with Crippen LogP contribution < -0.4 is 11.5 Å². The van der Waals surface area contributed by atoms with Gasteiger partial charge in [-0.15, -0.1) is 0 Å². The first-order chi connectivity index (χ1) is 7.51. The van der Waals surface area contributed by atoms with Crippen molar-refractivity contribution in [3.8, 4) is 0 Å². The van der Waals surface area contributed by atoms with Crippen molar-refractivity contribution >= 4 is 5.91 Å². The Morgan fingerprint density at radius 1 is 1.12 bits per heavy atom. The second-order valence-electron chi connectivity index (χ2n) is 4.38. The highest BCUT2D eigenvalue weighted by Crippen LogP contribution is 2.32. The van der Waals surface area contributed by atoms with E-state index in [4.69, 9.17) is 11.5 Å². The van der Waals surface area contributed by atoms with Crippen LogP contribution in [0.5, 0.6) is 0 Å². The van der Waals surface area contributed by atoms with Crippen LogP contribution in [0, 0.1) is 0 Å². The van der Waals surface area contributed by atoms with Gasteiger partial charge >= 0.3 is 6.18 Å². The molecule has 0 bridgehead atoms. The lowest BCUT2D eigenvalue weighted by molar-refractivity contribution is -0.137. The fraction of sp³-hybridized carbons (Fsp3) is 0.364. The van der Waals surface area contributed by atoms with Crippen molar-refractivity contribution in [1.82, 2.24) is 0 Å². The molecule has 0 atom stereocenters. The summed E-state index contributed by atoms with van der Waals surface area (Å²) in [7, 11) is 0. The third-order valence-corrected chi connectivity index (χ3v) is 2.29. The van der Waals surface area contributed by atoms with Gasteiger partial charge in [-0.05, 0) is 37.6 Å². The largest absolute Gasteiger partial charge is 0.416 e. The average molecular weight is 246 g/mol. The lowest BCUT2D eigenvalue weighted by Crippen LogP contribution is -2.30. The van der Waals surface area contributed by atoms with Gasteiger partial charge in [0.2, 0.25) is 5.91 Å². The average Bonchev–Trinajstić information content (AvgIpc) is 2.14. The van der Waals surface area contributed by atoms with Crippen LogP contribution in [0.4, 0.5) is 13.2 Å². The van der Waals surface area contributed by atoms with E-state index in [9.17, 15) is 18.0 Å². The highest BCUT2D eigenvalue weighted by atomic mass is 19.4. The van der Waals surface area contributed by atoms with E-state index in [1.54, 1.807) is 13.8 Å². The highest BCUT2D eigenvalue weighted by Gasteiger charge is 2.32. The van der Waals surface area contributed by atoms with Crippen LogP contribution in [0.3, 0.4) is 0 Å². The summed E-state index contributed by atoms with van der Waals surface area (Å²) in [6.45, 7) is 3.10. The lowest BCUT2D eigenvalue weighted by atomic mass is 9.92. The van der Waals surface area contributed by atoms with Crippen LogP contribution in [0.2, 0.25) is 0 Å². The van der Waals surface area contributed by atoms with E-state index in [0.717, 1.165) is 12.1 Å². The Kier molecular flexibility index (Phi) is 3.20. The maximum Gasteiger partial charge on any atom is 0.416 e. The number of rotatable bonds is 2. The molecule has 1 amide bonds. The van der Waals surface area contributed by atoms with Gasteiger partial charge in [-0.2, -0.15) is 13.2 Å². The molecule has 0 radical (unpaired) electrons. The quantitative estimate of drug-likeness (QED) is 0.837. The first-order valence-corrected chi connectivity index (χ1v) is 4.83. The molecule has 17 heavy (non-hydrogen) atoms. The van der Waals surface area contributed by atoms with Crippen LogP contribution in [-0.4, -0.2) is 5.91 Å². The standard InChI is InChI=1S/C11H13F3N2O/c1-10(2,16)7-3-6(9(15)17)4-8(5-7)11(12,13)14/h3-5H,16H2,1-2H3,(H2,15,17). The number of primary amides is 1. The number of halogens is 3. The number of hydrogen-bond donors (Lipinski definition) is 2. The summed E-state index contributed by atoms with van der Waals surface area (Å²) in [5.74, 6) is -0.915. The molecule has 94 valence electrons. The number of carbonyl (C=O) groups is 1. The summed E-state index contributed by atoms with van der Waals surface area (Å²) in [4.78, 5) is 11.0. The van der Waals surface area contributed by atoms with Crippen LogP contribution >= 0.6 is 0 Å². The fourth-order valence-electron chi connectivity index (χ4n) is 1.31. The van der Waals surface area contributed by atoms with Gasteiger partial charge in [0.25, 0.3) is 0 Å². The van der Waals surface area contributed by atoms with Crippen molar-refractivity contribution in [3.63, 3.8) is 0 Å². The first-order valence-electron chi connectivity index (χ1n) is 4.83. The molecule has 1 rings (SSSR count). The van der Waals surface area contributed by atoms with Gasteiger partial charge in [0, 0.05) is 11.1 Å². The molecule has 6 heteroatoms. The Labute approximate surface area is 96.6 Å². The predicted octanol–water partition coefficient (Wildman–Crippen LogP) is 2.00. The molecule has 1 aromatic carbocycles. The number of hydrogen-bond acceptors (Lipinski definition) is 2. The van der Waals surface area contributed by atoms with Crippen LogP contribution in [0.25, 0.3) is 0 Å². The van der Waals surface area contributed by atoms with Gasteiger partial charge < -0.3 is 11.5 Å². The molecule has 0 aliphatic rings. The van der Waals surface area contributed by atoms with Gasteiger partial charge in [0.1, 0.15) is 0 Å². The molecule has 0 aromatic heterocycles. The van der Waals surface area contributed by atoms with Crippen LogP contribution in [0.1, 0.15) is 35.3 Å². The number of alkyl halides is 3. The van der Waals surface area contributed by atoms with Crippen molar-refractivity contribution in [1.29, 1.82) is 0 Å². The Bertz CT molecular complexity index is 415. The molecule has 0 saturated heterocycles. The monoisotopic (exact) mass is 246 g/mol. The zero-order valence-corrected chi connectivity index (χ0v) is 9.43. The van der Waals surface area contributed by atoms with Gasteiger partial charge in [0.15, 0.2) is 0 Å². The van der Waals surface area contributed by atoms with Crippen LogP contribution in [-0.2, 0) is 11.7 Å².